The van der Waals surface area contributed by atoms with Gasteiger partial charge in [0.05, 0.1) is 28.6 Å². The zero-order valence-electron chi connectivity index (χ0n) is 22.5. The smallest absolute Gasteiger partial charge is 0.269 e. The normalized spacial score (nSPS) is 19.4. The van der Waals surface area contributed by atoms with Crippen LogP contribution in [0.25, 0.3) is 0 Å². The lowest BCUT2D eigenvalue weighted by Gasteiger charge is -2.28. The van der Waals surface area contributed by atoms with Gasteiger partial charge in [-0.3, -0.25) is 19.7 Å². The first kappa shape index (κ1) is 27.9. The minimum Gasteiger partial charge on any atom is -0.396 e. The van der Waals surface area contributed by atoms with E-state index >= 15 is 0 Å². The Kier molecular flexibility index (Phi) is 7.78. The average molecular weight is 555 g/mol. The van der Waals surface area contributed by atoms with Gasteiger partial charge in [-0.2, -0.15) is 5.10 Å². The largest absolute Gasteiger partial charge is 0.396 e. The SMILES string of the molecule is C[C@@H](/C=C/CCO)[C@]1(O)C(=O)N(Cc2cccc(N3N=C(c4ccccc4)CCC3=O)c2)c2ccc([N+](=O)[O-])cc21. The minimum atomic E-state index is -2.04. The number of aliphatic hydroxyl groups excluding tert-OH is 1. The van der Waals surface area contributed by atoms with E-state index in [1.165, 1.54) is 28.1 Å². The maximum absolute atomic E-state index is 13.8. The first-order valence-electron chi connectivity index (χ1n) is 13.4. The molecule has 2 aliphatic rings. The molecule has 0 fully saturated rings. The highest BCUT2D eigenvalue weighted by Crippen LogP contribution is 2.47. The third-order valence-electron chi connectivity index (χ3n) is 7.48. The molecule has 0 saturated heterocycles. The number of hydrogen-bond acceptors (Lipinski definition) is 7. The number of non-ortho nitro benzene ring substituents is 1. The number of aliphatic hydroxyl groups is 2. The van der Waals surface area contributed by atoms with Gasteiger partial charge in [-0.1, -0.05) is 61.5 Å². The lowest BCUT2D eigenvalue weighted by molar-refractivity contribution is -0.385. The molecule has 2 N–H and O–H groups in total. The molecule has 0 radical (unpaired) electrons. The Hall–Kier alpha value is -4.67. The third kappa shape index (κ3) is 5.27. The van der Waals surface area contributed by atoms with Gasteiger partial charge in [0.1, 0.15) is 0 Å². The van der Waals surface area contributed by atoms with E-state index in [0.29, 0.717) is 36.2 Å². The van der Waals surface area contributed by atoms with E-state index < -0.39 is 22.3 Å². The number of nitro benzene ring substituents is 1. The van der Waals surface area contributed by atoms with Crippen LogP contribution in [0.4, 0.5) is 17.1 Å². The summed E-state index contributed by atoms with van der Waals surface area (Å²) in [5.74, 6) is -1.48. The fourth-order valence-corrected chi connectivity index (χ4v) is 5.28. The number of nitro groups is 1. The third-order valence-corrected chi connectivity index (χ3v) is 7.48. The van der Waals surface area contributed by atoms with Crippen molar-refractivity contribution in [2.24, 2.45) is 11.0 Å². The predicted octanol–water partition coefficient (Wildman–Crippen LogP) is 4.44. The van der Waals surface area contributed by atoms with Crippen molar-refractivity contribution in [3.63, 3.8) is 0 Å². The van der Waals surface area contributed by atoms with Crippen molar-refractivity contribution in [1.29, 1.82) is 0 Å². The second-order valence-corrected chi connectivity index (χ2v) is 10.1. The van der Waals surface area contributed by atoms with Crippen LogP contribution in [0.1, 0.15) is 42.9 Å². The van der Waals surface area contributed by atoms with Crippen molar-refractivity contribution in [2.75, 3.05) is 16.5 Å². The van der Waals surface area contributed by atoms with E-state index in [1.54, 1.807) is 43.3 Å². The zero-order chi connectivity index (χ0) is 29.1. The van der Waals surface area contributed by atoms with E-state index in [9.17, 15) is 24.8 Å². The molecule has 2 amide bonds. The molecule has 3 aromatic rings. The Balaban J connectivity index is 1.49. The van der Waals surface area contributed by atoms with Crippen LogP contribution in [0.2, 0.25) is 0 Å². The summed E-state index contributed by atoms with van der Waals surface area (Å²) in [7, 11) is 0. The van der Waals surface area contributed by atoms with Gasteiger partial charge in [0.25, 0.3) is 11.6 Å². The molecule has 10 heteroatoms. The van der Waals surface area contributed by atoms with E-state index in [2.05, 4.69) is 5.10 Å². The van der Waals surface area contributed by atoms with Gasteiger partial charge in [-0.15, -0.1) is 0 Å². The number of nitrogens with zero attached hydrogens (tertiary/aromatic N) is 4. The molecule has 0 aromatic heterocycles. The molecule has 0 spiro atoms. The predicted molar refractivity (Wildman–Crippen MR) is 154 cm³/mol. The molecule has 0 aliphatic carbocycles. The minimum absolute atomic E-state index is 0.0597. The van der Waals surface area contributed by atoms with Crippen molar-refractivity contribution in [3.8, 4) is 0 Å². The highest BCUT2D eigenvalue weighted by atomic mass is 16.6. The summed E-state index contributed by atoms with van der Waals surface area (Å²) < 4.78 is 0. The topological polar surface area (TPSA) is 137 Å². The van der Waals surface area contributed by atoms with Crippen LogP contribution >= 0.6 is 0 Å². The summed E-state index contributed by atoms with van der Waals surface area (Å²) in [6, 6.07) is 20.8. The van der Waals surface area contributed by atoms with Crippen LogP contribution < -0.4 is 9.91 Å². The van der Waals surface area contributed by atoms with E-state index in [-0.39, 0.29) is 30.3 Å². The van der Waals surface area contributed by atoms with E-state index in [4.69, 9.17) is 5.11 Å². The molecule has 5 rings (SSSR count). The number of anilines is 2. The first-order chi connectivity index (χ1) is 19.7. The summed E-state index contributed by atoms with van der Waals surface area (Å²) in [4.78, 5) is 39.0. The Morgan fingerprint density at radius 3 is 2.59 bits per heavy atom. The van der Waals surface area contributed by atoms with Gasteiger partial charge < -0.3 is 15.1 Å². The Bertz CT molecular complexity index is 1550. The van der Waals surface area contributed by atoms with Gasteiger partial charge >= 0.3 is 0 Å². The summed E-state index contributed by atoms with van der Waals surface area (Å²) >= 11 is 0. The fourth-order valence-electron chi connectivity index (χ4n) is 5.28. The standard InChI is InChI=1S/C31H30N4O6/c1-21(8-5-6-17-36)31(39)26-19-25(35(40)41)13-15-28(26)33(30(31)38)20-22-9-7-12-24(18-22)34-29(37)16-14-27(32-34)23-10-3-2-4-11-23/h2-5,7-13,15,18-19,21,36,39H,6,14,16-17,20H2,1H3/b8-5+/t21-,31+/m0/s1. The molecule has 41 heavy (non-hydrogen) atoms. The number of hydrogen-bond donors (Lipinski definition) is 2. The van der Waals surface area contributed by atoms with Crippen LogP contribution in [-0.2, 0) is 21.7 Å². The first-order valence-corrected chi connectivity index (χ1v) is 13.4. The molecule has 0 bridgehead atoms. The lowest BCUT2D eigenvalue weighted by atomic mass is 9.82. The quantitative estimate of drug-likeness (QED) is 0.228. The van der Waals surface area contributed by atoms with Gasteiger partial charge in [0, 0.05) is 43.1 Å². The summed E-state index contributed by atoms with van der Waals surface area (Å²) in [5, 5.41) is 38.4. The lowest BCUT2D eigenvalue weighted by Crippen LogP contribution is -2.44. The van der Waals surface area contributed by atoms with Crippen LogP contribution in [0.3, 0.4) is 0 Å². The molecule has 0 unspecified atom stereocenters. The van der Waals surface area contributed by atoms with Crippen molar-refractivity contribution in [1.82, 2.24) is 0 Å². The van der Waals surface area contributed by atoms with Crippen molar-refractivity contribution >= 4 is 34.6 Å². The van der Waals surface area contributed by atoms with Gasteiger partial charge in [0.15, 0.2) is 5.60 Å². The average Bonchev–Trinajstić information content (AvgIpc) is 3.20. The van der Waals surface area contributed by atoms with Gasteiger partial charge in [0.2, 0.25) is 5.91 Å². The van der Waals surface area contributed by atoms with Gasteiger partial charge in [-0.05, 0) is 35.7 Å². The second kappa shape index (κ2) is 11.4. The Labute approximate surface area is 237 Å². The van der Waals surface area contributed by atoms with Gasteiger partial charge in [-0.25, -0.2) is 5.01 Å². The summed E-state index contributed by atoms with van der Waals surface area (Å²) in [6.07, 6.45) is 4.48. The van der Waals surface area contributed by atoms with E-state index in [1.807, 2.05) is 30.3 Å². The number of hydrazone groups is 1. The van der Waals surface area contributed by atoms with Crippen LogP contribution in [-0.4, -0.2) is 39.3 Å². The molecule has 2 heterocycles. The summed E-state index contributed by atoms with van der Waals surface area (Å²) in [6.45, 7) is 1.63. The van der Waals surface area contributed by atoms with E-state index in [0.717, 1.165) is 11.3 Å². The number of fused-ring (bicyclic) bond motifs is 1. The molecule has 10 nitrogen and oxygen atoms in total. The van der Waals surface area contributed by atoms with Crippen molar-refractivity contribution in [3.05, 3.63) is 112 Å². The number of amides is 2. The van der Waals surface area contributed by atoms with Crippen molar-refractivity contribution < 1.29 is 24.7 Å². The zero-order valence-corrected chi connectivity index (χ0v) is 22.5. The van der Waals surface area contributed by atoms with Crippen LogP contribution in [0.15, 0.2) is 90.0 Å². The Morgan fingerprint density at radius 1 is 1.07 bits per heavy atom. The monoisotopic (exact) mass is 554 g/mol. The van der Waals surface area contributed by atoms with Crippen molar-refractivity contribution in [2.45, 2.75) is 38.3 Å². The maximum Gasteiger partial charge on any atom is 0.269 e. The Morgan fingerprint density at radius 2 is 1.85 bits per heavy atom. The highest BCUT2D eigenvalue weighted by Gasteiger charge is 2.53. The highest BCUT2D eigenvalue weighted by molar-refractivity contribution is 6.09. The molecule has 2 atom stereocenters. The van der Waals surface area contributed by atoms with Crippen LogP contribution in [0, 0.1) is 16.0 Å². The molecular formula is C31H30N4O6. The molecule has 210 valence electrons. The second-order valence-electron chi connectivity index (χ2n) is 10.1. The molecular weight excluding hydrogens is 524 g/mol. The molecule has 0 saturated carbocycles. The number of carbonyl (C=O) groups excluding carboxylic acids is 2. The number of carbonyl (C=O) groups is 2. The maximum atomic E-state index is 13.8. The number of rotatable bonds is 9. The van der Waals surface area contributed by atoms with Crippen LogP contribution in [0.5, 0.6) is 0 Å². The molecule has 3 aromatic carbocycles. The number of benzene rings is 3. The molecule has 2 aliphatic heterocycles. The summed E-state index contributed by atoms with van der Waals surface area (Å²) in [5.41, 5.74) is 1.22. The fraction of sp³-hybridized carbons (Fsp3) is 0.258.